The lowest BCUT2D eigenvalue weighted by Crippen LogP contribution is -2.30. The van der Waals surface area contributed by atoms with Crippen LogP contribution in [0.15, 0.2) is 52.7 Å². The zero-order valence-electron chi connectivity index (χ0n) is 13.6. The van der Waals surface area contributed by atoms with Crippen molar-refractivity contribution in [2.75, 3.05) is 13.7 Å². The van der Waals surface area contributed by atoms with Crippen molar-refractivity contribution in [1.82, 2.24) is 9.29 Å². The van der Waals surface area contributed by atoms with Gasteiger partial charge in [0.05, 0.1) is 7.11 Å². The monoisotopic (exact) mass is 348 g/mol. The summed E-state index contributed by atoms with van der Waals surface area (Å²) in [5.74, 6) is 0.486. The van der Waals surface area contributed by atoms with Crippen molar-refractivity contribution in [3.8, 4) is 5.75 Å². The molecule has 0 bridgehead atoms. The van der Waals surface area contributed by atoms with Crippen LogP contribution in [-0.4, -0.2) is 26.6 Å². The van der Waals surface area contributed by atoms with E-state index in [1.165, 1.54) is 23.8 Å². The molecule has 0 radical (unpaired) electrons. The van der Waals surface area contributed by atoms with Crippen LogP contribution in [0.25, 0.3) is 6.08 Å². The maximum absolute atomic E-state index is 12.0. The predicted molar refractivity (Wildman–Crippen MR) is 94.4 cm³/mol. The zero-order valence-corrected chi connectivity index (χ0v) is 14.4. The molecule has 1 N–H and O–H groups in total. The Kier molecular flexibility index (Phi) is 5.94. The third kappa shape index (κ3) is 5.07. The quantitative estimate of drug-likeness (QED) is 0.827. The van der Waals surface area contributed by atoms with Crippen molar-refractivity contribution >= 4 is 16.1 Å². The molecule has 2 aromatic rings. The molecule has 0 saturated carbocycles. The van der Waals surface area contributed by atoms with Gasteiger partial charge in [0.2, 0.25) is 10.0 Å². The SMILES string of the molecule is COc1cc(C)n(CCNS(=O)(=O)/C=C/c2ccccc2)c(=O)c1. The summed E-state index contributed by atoms with van der Waals surface area (Å²) in [7, 11) is -2.07. The Morgan fingerprint density at radius 1 is 1.21 bits per heavy atom. The summed E-state index contributed by atoms with van der Waals surface area (Å²) in [4.78, 5) is 12.0. The number of aromatic nitrogens is 1. The van der Waals surface area contributed by atoms with Gasteiger partial charge in [0.15, 0.2) is 0 Å². The second-order valence-corrected chi connectivity index (χ2v) is 6.83. The fourth-order valence-corrected chi connectivity index (χ4v) is 2.99. The molecule has 0 atom stereocenters. The first-order valence-corrected chi connectivity index (χ1v) is 8.94. The van der Waals surface area contributed by atoms with Crippen molar-refractivity contribution in [3.63, 3.8) is 0 Å². The molecule has 1 aromatic heterocycles. The van der Waals surface area contributed by atoms with Crippen molar-refractivity contribution in [2.24, 2.45) is 0 Å². The second kappa shape index (κ2) is 7.94. The first-order chi connectivity index (χ1) is 11.4. The van der Waals surface area contributed by atoms with E-state index < -0.39 is 10.0 Å². The lowest BCUT2D eigenvalue weighted by atomic mass is 10.2. The molecule has 7 heteroatoms. The summed E-state index contributed by atoms with van der Waals surface area (Å²) in [5.41, 5.74) is 1.27. The Morgan fingerprint density at radius 2 is 1.92 bits per heavy atom. The number of sulfonamides is 1. The Labute approximate surface area is 141 Å². The van der Waals surface area contributed by atoms with E-state index in [2.05, 4.69) is 4.72 Å². The number of aryl methyl sites for hydroxylation is 1. The fraction of sp³-hybridized carbons (Fsp3) is 0.235. The van der Waals surface area contributed by atoms with E-state index in [4.69, 9.17) is 4.74 Å². The summed E-state index contributed by atoms with van der Waals surface area (Å²) in [5, 5.41) is 1.12. The number of benzene rings is 1. The lowest BCUT2D eigenvalue weighted by Gasteiger charge is -2.11. The van der Waals surface area contributed by atoms with Crippen molar-refractivity contribution in [3.05, 3.63) is 69.5 Å². The molecule has 24 heavy (non-hydrogen) atoms. The van der Waals surface area contributed by atoms with Crippen molar-refractivity contribution in [2.45, 2.75) is 13.5 Å². The predicted octanol–water partition coefficient (Wildman–Crippen LogP) is 1.76. The minimum atomic E-state index is -3.56. The molecular formula is C17H20N2O4S. The molecule has 1 heterocycles. The van der Waals surface area contributed by atoms with Crippen LogP contribution in [0.2, 0.25) is 0 Å². The molecule has 0 aliphatic rings. The van der Waals surface area contributed by atoms with Crippen LogP contribution in [0.4, 0.5) is 0 Å². The highest BCUT2D eigenvalue weighted by Gasteiger charge is 2.07. The fourth-order valence-electron chi connectivity index (χ4n) is 2.18. The maximum Gasteiger partial charge on any atom is 0.254 e. The summed E-state index contributed by atoms with van der Waals surface area (Å²) in [6.45, 7) is 2.13. The lowest BCUT2D eigenvalue weighted by molar-refractivity contribution is 0.411. The van der Waals surface area contributed by atoms with Crippen LogP contribution in [0.1, 0.15) is 11.3 Å². The number of hydrogen-bond donors (Lipinski definition) is 1. The summed E-state index contributed by atoms with van der Waals surface area (Å²) >= 11 is 0. The van der Waals surface area contributed by atoms with Gasteiger partial charge in [-0.15, -0.1) is 0 Å². The van der Waals surface area contributed by atoms with E-state index in [-0.39, 0.29) is 18.6 Å². The number of methoxy groups -OCH3 is 1. The van der Waals surface area contributed by atoms with Gasteiger partial charge in [0, 0.05) is 30.3 Å². The smallest absolute Gasteiger partial charge is 0.254 e. The van der Waals surface area contributed by atoms with Gasteiger partial charge >= 0.3 is 0 Å². The first-order valence-electron chi connectivity index (χ1n) is 7.39. The van der Waals surface area contributed by atoms with Crippen LogP contribution in [0.3, 0.4) is 0 Å². The van der Waals surface area contributed by atoms with Crippen LogP contribution < -0.4 is 15.0 Å². The largest absolute Gasteiger partial charge is 0.496 e. The summed E-state index contributed by atoms with van der Waals surface area (Å²) < 4.78 is 32.9. The highest BCUT2D eigenvalue weighted by Crippen LogP contribution is 2.08. The molecule has 0 amide bonds. The van der Waals surface area contributed by atoms with Crippen molar-refractivity contribution < 1.29 is 13.2 Å². The van der Waals surface area contributed by atoms with E-state index >= 15 is 0 Å². The van der Waals surface area contributed by atoms with Gasteiger partial charge < -0.3 is 9.30 Å². The van der Waals surface area contributed by atoms with Gasteiger partial charge in [-0.3, -0.25) is 4.79 Å². The number of hydrogen-bond acceptors (Lipinski definition) is 4. The third-order valence-electron chi connectivity index (χ3n) is 3.42. The molecule has 0 saturated heterocycles. The summed E-state index contributed by atoms with van der Waals surface area (Å²) in [6.07, 6.45) is 1.52. The van der Waals surface area contributed by atoms with Crippen LogP contribution in [-0.2, 0) is 16.6 Å². The third-order valence-corrected chi connectivity index (χ3v) is 4.52. The number of nitrogens with zero attached hydrogens (tertiary/aromatic N) is 1. The molecular weight excluding hydrogens is 328 g/mol. The van der Waals surface area contributed by atoms with Crippen LogP contribution in [0, 0.1) is 6.92 Å². The molecule has 0 spiro atoms. The van der Waals surface area contributed by atoms with E-state index in [0.29, 0.717) is 11.4 Å². The maximum atomic E-state index is 12.0. The minimum absolute atomic E-state index is 0.120. The number of rotatable bonds is 7. The van der Waals surface area contributed by atoms with E-state index in [1.807, 2.05) is 30.3 Å². The molecule has 128 valence electrons. The minimum Gasteiger partial charge on any atom is -0.496 e. The molecule has 0 fully saturated rings. The molecule has 1 aromatic carbocycles. The normalized spacial score (nSPS) is 11.8. The van der Waals surface area contributed by atoms with Crippen LogP contribution >= 0.6 is 0 Å². The van der Waals surface area contributed by atoms with Gasteiger partial charge in [-0.25, -0.2) is 13.1 Å². The van der Waals surface area contributed by atoms with Crippen molar-refractivity contribution in [1.29, 1.82) is 0 Å². The number of pyridine rings is 1. The highest BCUT2D eigenvalue weighted by atomic mass is 32.2. The molecule has 0 aliphatic heterocycles. The Hall–Kier alpha value is -2.38. The molecule has 2 rings (SSSR count). The van der Waals surface area contributed by atoms with Gasteiger partial charge in [0.1, 0.15) is 5.75 Å². The summed E-state index contributed by atoms with van der Waals surface area (Å²) in [6, 6.07) is 12.2. The van der Waals surface area contributed by atoms with Gasteiger partial charge in [-0.1, -0.05) is 30.3 Å². The zero-order chi connectivity index (χ0) is 17.6. The van der Waals surface area contributed by atoms with Crippen LogP contribution in [0.5, 0.6) is 5.75 Å². The van der Waals surface area contributed by atoms with Gasteiger partial charge in [-0.05, 0) is 24.6 Å². The molecule has 0 aliphatic carbocycles. The molecule has 0 unspecified atom stereocenters. The Bertz CT molecular complexity index is 871. The van der Waals surface area contributed by atoms with E-state index in [1.54, 1.807) is 13.0 Å². The standard InChI is InChI=1S/C17H20N2O4S/c1-14-12-16(23-2)13-17(20)19(14)10-9-18-24(21,22)11-8-15-6-4-3-5-7-15/h3-8,11-13,18H,9-10H2,1-2H3/b11-8+. The second-order valence-electron chi connectivity index (χ2n) is 5.18. The topological polar surface area (TPSA) is 77.4 Å². The average Bonchev–Trinajstić information content (AvgIpc) is 2.56. The first kappa shape index (κ1) is 18.0. The van der Waals surface area contributed by atoms with Gasteiger partial charge in [0.25, 0.3) is 5.56 Å². The number of nitrogens with one attached hydrogen (secondary N) is 1. The Morgan fingerprint density at radius 3 is 2.54 bits per heavy atom. The Balaban J connectivity index is 1.99. The highest BCUT2D eigenvalue weighted by molar-refractivity contribution is 7.92. The van der Waals surface area contributed by atoms with Gasteiger partial charge in [-0.2, -0.15) is 0 Å². The van der Waals surface area contributed by atoms with E-state index in [9.17, 15) is 13.2 Å². The number of ether oxygens (including phenoxy) is 1. The van der Waals surface area contributed by atoms with E-state index in [0.717, 1.165) is 11.0 Å². The molecule has 6 nitrogen and oxygen atoms in total. The average molecular weight is 348 g/mol.